The number of rotatable bonds is 8. The van der Waals surface area contributed by atoms with Crippen molar-refractivity contribution in [2.45, 2.75) is 96.8 Å². The summed E-state index contributed by atoms with van der Waals surface area (Å²) in [4.78, 5) is 14.7. The minimum absolute atomic E-state index is 0.280. The molecule has 0 radical (unpaired) electrons. The van der Waals surface area contributed by atoms with E-state index in [1.165, 1.54) is 69.8 Å². The molecule has 2 saturated carbocycles. The maximum Gasteiger partial charge on any atom is 0.223 e. The lowest BCUT2D eigenvalue weighted by Crippen LogP contribution is -2.29. The molecule has 1 aliphatic heterocycles. The number of amides is 1. The SMILES string of the molecule is C=C/C=C1/CN(C(=O)CCCC2(C)CCC(Cc3ccc(C4CCC(C)CC4)cc3)CC2)CC1=C. The van der Waals surface area contributed by atoms with Gasteiger partial charge in [0.2, 0.25) is 5.91 Å². The normalized spacial score (nSPS) is 30.6. The average molecular weight is 474 g/mol. The lowest BCUT2D eigenvalue weighted by molar-refractivity contribution is -0.130. The van der Waals surface area contributed by atoms with E-state index in [0.717, 1.165) is 35.3 Å². The Kier molecular flexibility index (Phi) is 8.73. The minimum Gasteiger partial charge on any atom is -0.334 e. The molecule has 3 fully saturated rings. The molecule has 2 aliphatic carbocycles. The summed E-state index contributed by atoms with van der Waals surface area (Å²) in [5.41, 5.74) is 5.70. The predicted molar refractivity (Wildman–Crippen MR) is 148 cm³/mol. The van der Waals surface area contributed by atoms with Crippen LogP contribution in [0.25, 0.3) is 0 Å². The maximum atomic E-state index is 12.7. The van der Waals surface area contributed by atoms with Crippen LogP contribution in [0.3, 0.4) is 0 Å². The molecule has 1 aromatic carbocycles. The molecule has 2 heteroatoms. The highest BCUT2D eigenvalue weighted by molar-refractivity contribution is 5.78. The van der Waals surface area contributed by atoms with Gasteiger partial charge in [0.25, 0.3) is 0 Å². The highest BCUT2D eigenvalue weighted by Gasteiger charge is 2.31. The van der Waals surface area contributed by atoms with E-state index in [1.807, 2.05) is 11.0 Å². The molecule has 1 heterocycles. The van der Waals surface area contributed by atoms with Gasteiger partial charge in [0, 0.05) is 19.5 Å². The van der Waals surface area contributed by atoms with Crippen LogP contribution in [0.1, 0.15) is 102 Å². The summed E-state index contributed by atoms with van der Waals surface area (Å²) in [5, 5.41) is 0. The summed E-state index contributed by atoms with van der Waals surface area (Å²) in [6.07, 6.45) is 18.6. The minimum atomic E-state index is 0.280. The summed E-state index contributed by atoms with van der Waals surface area (Å²) in [6, 6.07) is 9.67. The number of carbonyl (C=O) groups is 1. The Morgan fingerprint density at radius 3 is 2.40 bits per heavy atom. The first-order valence-corrected chi connectivity index (χ1v) is 14.2. The Hall–Kier alpha value is -2.09. The first-order chi connectivity index (χ1) is 16.8. The van der Waals surface area contributed by atoms with Gasteiger partial charge in [0.15, 0.2) is 0 Å². The number of hydrogen-bond donors (Lipinski definition) is 0. The van der Waals surface area contributed by atoms with Gasteiger partial charge in [-0.15, -0.1) is 0 Å². The Morgan fingerprint density at radius 2 is 1.74 bits per heavy atom. The van der Waals surface area contributed by atoms with E-state index < -0.39 is 0 Å². The third-order valence-corrected chi connectivity index (χ3v) is 9.34. The number of nitrogens with zero attached hydrogens (tertiary/aromatic N) is 1. The molecule has 1 amide bonds. The largest absolute Gasteiger partial charge is 0.334 e. The second-order valence-electron chi connectivity index (χ2n) is 12.3. The summed E-state index contributed by atoms with van der Waals surface area (Å²) in [5.74, 6) is 2.80. The van der Waals surface area contributed by atoms with Crippen molar-refractivity contribution >= 4 is 5.91 Å². The second-order valence-corrected chi connectivity index (χ2v) is 12.3. The van der Waals surface area contributed by atoms with Crippen LogP contribution in [-0.2, 0) is 11.2 Å². The van der Waals surface area contributed by atoms with Gasteiger partial charge >= 0.3 is 0 Å². The smallest absolute Gasteiger partial charge is 0.223 e. The molecule has 3 aliphatic rings. The first kappa shape index (κ1) is 26.0. The zero-order valence-corrected chi connectivity index (χ0v) is 22.4. The van der Waals surface area contributed by atoms with Crippen molar-refractivity contribution in [1.82, 2.24) is 4.90 Å². The standard InChI is InChI=1S/C33H47NO/c1-5-7-31-24-34(23-26(31)3)32(35)8-6-19-33(4)20-17-28(18-21-33)22-27-11-15-30(16-12-27)29-13-9-25(2)10-14-29/h5,7,11-12,15-16,25,28-29H,1,3,6,8-10,13-14,17-24H2,2,4H3/b31-7-. The number of hydrogen-bond acceptors (Lipinski definition) is 1. The Labute approximate surface area is 214 Å². The lowest BCUT2D eigenvalue weighted by atomic mass is 9.68. The van der Waals surface area contributed by atoms with Crippen LogP contribution in [0.4, 0.5) is 0 Å². The quantitative estimate of drug-likeness (QED) is 0.371. The van der Waals surface area contributed by atoms with Crippen LogP contribution >= 0.6 is 0 Å². The van der Waals surface area contributed by atoms with Crippen LogP contribution in [0.15, 0.2) is 60.7 Å². The van der Waals surface area contributed by atoms with E-state index in [4.69, 9.17) is 0 Å². The van der Waals surface area contributed by atoms with Gasteiger partial charge in [-0.2, -0.15) is 0 Å². The molecule has 0 unspecified atom stereocenters. The number of benzene rings is 1. The fourth-order valence-electron chi connectivity index (χ4n) is 6.70. The van der Waals surface area contributed by atoms with Crippen molar-refractivity contribution in [3.63, 3.8) is 0 Å². The van der Waals surface area contributed by atoms with Crippen LogP contribution in [0.5, 0.6) is 0 Å². The summed E-state index contributed by atoms with van der Waals surface area (Å²) in [6.45, 7) is 14.1. The lowest BCUT2D eigenvalue weighted by Gasteiger charge is -2.38. The molecule has 35 heavy (non-hydrogen) atoms. The van der Waals surface area contributed by atoms with Gasteiger partial charge in [-0.05, 0) is 103 Å². The highest BCUT2D eigenvalue weighted by atomic mass is 16.2. The topological polar surface area (TPSA) is 20.3 Å². The molecule has 1 saturated heterocycles. The molecule has 0 bridgehead atoms. The van der Waals surface area contributed by atoms with Crippen molar-refractivity contribution < 1.29 is 4.79 Å². The van der Waals surface area contributed by atoms with Crippen molar-refractivity contribution in [3.8, 4) is 0 Å². The van der Waals surface area contributed by atoms with Crippen molar-refractivity contribution in [1.29, 1.82) is 0 Å². The van der Waals surface area contributed by atoms with Crippen LogP contribution in [0, 0.1) is 17.3 Å². The zero-order chi connectivity index (χ0) is 24.8. The van der Waals surface area contributed by atoms with Gasteiger partial charge < -0.3 is 4.90 Å². The highest BCUT2D eigenvalue weighted by Crippen LogP contribution is 2.43. The third kappa shape index (κ3) is 6.99. The Balaban J connectivity index is 1.17. The molecule has 0 aromatic heterocycles. The van der Waals surface area contributed by atoms with Gasteiger partial charge in [-0.25, -0.2) is 0 Å². The third-order valence-electron chi connectivity index (χ3n) is 9.34. The van der Waals surface area contributed by atoms with E-state index in [2.05, 4.69) is 51.3 Å². The van der Waals surface area contributed by atoms with Gasteiger partial charge in [-0.3, -0.25) is 4.79 Å². The summed E-state index contributed by atoms with van der Waals surface area (Å²) < 4.78 is 0. The Morgan fingerprint density at radius 1 is 1.06 bits per heavy atom. The van der Waals surface area contributed by atoms with Crippen LogP contribution < -0.4 is 0 Å². The molecule has 1 aromatic rings. The molecule has 2 nitrogen and oxygen atoms in total. The van der Waals surface area contributed by atoms with E-state index in [0.29, 0.717) is 24.9 Å². The van der Waals surface area contributed by atoms with Gasteiger partial charge in [-0.1, -0.05) is 76.3 Å². The van der Waals surface area contributed by atoms with E-state index in [-0.39, 0.29) is 5.91 Å². The number of carbonyl (C=O) groups excluding carboxylic acids is 1. The van der Waals surface area contributed by atoms with Crippen LogP contribution in [0.2, 0.25) is 0 Å². The fraction of sp³-hybridized carbons (Fsp3) is 0.606. The molecule has 0 atom stereocenters. The van der Waals surface area contributed by atoms with E-state index in [1.54, 1.807) is 11.6 Å². The molecule has 0 spiro atoms. The number of likely N-dealkylation sites (tertiary alicyclic amines) is 1. The monoisotopic (exact) mass is 473 g/mol. The van der Waals surface area contributed by atoms with Gasteiger partial charge in [0.05, 0.1) is 0 Å². The molecule has 4 rings (SSSR count). The molecular formula is C33H47NO. The van der Waals surface area contributed by atoms with Crippen molar-refractivity contribution in [2.24, 2.45) is 17.3 Å². The predicted octanol–water partition coefficient (Wildman–Crippen LogP) is 8.40. The summed E-state index contributed by atoms with van der Waals surface area (Å²) >= 11 is 0. The molecule has 190 valence electrons. The summed E-state index contributed by atoms with van der Waals surface area (Å²) in [7, 11) is 0. The van der Waals surface area contributed by atoms with Gasteiger partial charge in [0.1, 0.15) is 0 Å². The second kappa shape index (κ2) is 11.8. The first-order valence-electron chi connectivity index (χ1n) is 14.2. The molecule has 0 N–H and O–H groups in total. The fourth-order valence-corrected chi connectivity index (χ4v) is 6.70. The molecular weight excluding hydrogens is 426 g/mol. The maximum absolute atomic E-state index is 12.7. The average Bonchev–Trinajstić information content (AvgIpc) is 3.22. The zero-order valence-electron chi connectivity index (χ0n) is 22.4. The van der Waals surface area contributed by atoms with E-state index >= 15 is 0 Å². The van der Waals surface area contributed by atoms with E-state index in [9.17, 15) is 4.79 Å². The number of allylic oxidation sites excluding steroid dienone is 2. The van der Waals surface area contributed by atoms with Crippen molar-refractivity contribution in [3.05, 3.63) is 71.8 Å². The van der Waals surface area contributed by atoms with Crippen molar-refractivity contribution in [2.75, 3.05) is 13.1 Å². The van der Waals surface area contributed by atoms with Crippen LogP contribution in [-0.4, -0.2) is 23.9 Å². The Bertz CT molecular complexity index is 907.